The molecule has 0 saturated heterocycles. The van der Waals surface area contributed by atoms with Gasteiger partial charge in [0.15, 0.2) is 6.33 Å². The molecule has 8 nitrogen and oxygen atoms in total. The van der Waals surface area contributed by atoms with E-state index in [1.54, 1.807) is 0 Å². The van der Waals surface area contributed by atoms with E-state index in [1.807, 2.05) is 0 Å². The van der Waals surface area contributed by atoms with Crippen LogP contribution >= 0.6 is 11.6 Å². The van der Waals surface area contributed by atoms with E-state index >= 15 is 0 Å². The fourth-order valence-electron chi connectivity index (χ4n) is 1.34. The Morgan fingerprint density at radius 1 is 1.50 bits per heavy atom. The standard InChI is InChI=1S/C9H8ClN5O3/c10-6-3-11-4-7(15(16)17)9(6)12-2-1-8-13-5-14-18-8/h3-5H,1-2H2,(H,11,12). The summed E-state index contributed by atoms with van der Waals surface area (Å²) in [5, 5.41) is 17.3. The van der Waals surface area contributed by atoms with E-state index in [9.17, 15) is 10.1 Å². The molecule has 0 aromatic carbocycles. The van der Waals surface area contributed by atoms with Crippen LogP contribution in [0.3, 0.4) is 0 Å². The number of nitrogens with zero attached hydrogens (tertiary/aromatic N) is 4. The smallest absolute Gasteiger partial charge is 0.311 e. The zero-order valence-electron chi connectivity index (χ0n) is 9.04. The average Bonchev–Trinajstić information content (AvgIpc) is 2.84. The summed E-state index contributed by atoms with van der Waals surface area (Å²) in [4.78, 5) is 17.7. The van der Waals surface area contributed by atoms with Gasteiger partial charge in [-0.3, -0.25) is 15.1 Å². The number of nitro groups is 1. The molecule has 94 valence electrons. The minimum absolute atomic E-state index is 0.173. The van der Waals surface area contributed by atoms with Crippen molar-refractivity contribution in [3.8, 4) is 0 Å². The lowest BCUT2D eigenvalue weighted by atomic mass is 10.3. The zero-order valence-corrected chi connectivity index (χ0v) is 9.79. The Labute approximate surface area is 106 Å². The van der Waals surface area contributed by atoms with Gasteiger partial charge in [-0.25, -0.2) is 0 Å². The van der Waals surface area contributed by atoms with Crippen LogP contribution in [0.1, 0.15) is 5.89 Å². The van der Waals surface area contributed by atoms with Gasteiger partial charge in [0, 0.05) is 19.2 Å². The molecule has 9 heteroatoms. The molecule has 2 aromatic rings. The molecule has 18 heavy (non-hydrogen) atoms. The third-order valence-electron chi connectivity index (χ3n) is 2.12. The summed E-state index contributed by atoms with van der Waals surface area (Å²) in [5.74, 6) is 0.440. The fraction of sp³-hybridized carbons (Fsp3) is 0.222. The fourth-order valence-corrected chi connectivity index (χ4v) is 1.56. The first-order valence-corrected chi connectivity index (χ1v) is 5.33. The molecule has 0 bridgehead atoms. The Balaban J connectivity index is 2.06. The minimum atomic E-state index is -0.548. The number of rotatable bonds is 5. The van der Waals surface area contributed by atoms with Gasteiger partial charge in [0.25, 0.3) is 0 Å². The number of hydrogen-bond donors (Lipinski definition) is 1. The Hall–Kier alpha value is -2.22. The van der Waals surface area contributed by atoms with Gasteiger partial charge in [0.05, 0.1) is 9.95 Å². The Kier molecular flexibility index (Phi) is 3.68. The monoisotopic (exact) mass is 269 g/mol. The number of pyridine rings is 1. The second-order valence-corrected chi connectivity index (χ2v) is 3.69. The van der Waals surface area contributed by atoms with E-state index in [-0.39, 0.29) is 16.4 Å². The molecule has 1 N–H and O–H groups in total. The molecular weight excluding hydrogens is 262 g/mol. The summed E-state index contributed by atoms with van der Waals surface area (Å²) in [5.41, 5.74) is 0.0595. The first kappa shape index (κ1) is 12.2. The van der Waals surface area contributed by atoms with Gasteiger partial charge in [-0.1, -0.05) is 16.8 Å². The van der Waals surface area contributed by atoms with Gasteiger partial charge in [-0.2, -0.15) is 4.98 Å². The van der Waals surface area contributed by atoms with E-state index in [0.717, 1.165) is 6.20 Å². The molecule has 0 aliphatic carbocycles. The minimum Gasteiger partial charge on any atom is -0.378 e. The van der Waals surface area contributed by atoms with Gasteiger partial charge in [-0.05, 0) is 0 Å². The lowest BCUT2D eigenvalue weighted by Gasteiger charge is -2.06. The summed E-state index contributed by atoms with van der Waals surface area (Å²) >= 11 is 5.85. The van der Waals surface area contributed by atoms with Gasteiger partial charge in [-0.15, -0.1) is 0 Å². The first-order valence-electron chi connectivity index (χ1n) is 4.96. The van der Waals surface area contributed by atoms with Gasteiger partial charge >= 0.3 is 5.69 Å². The van der Waals surface area contributed by atoms with Crippen LogP contribution in [-0.4, -0.2) is 26.6 Å². The van der Waals surface area contributed by atoms with Crippen LogP contribution < -0.4 is 5.32 Å². The van der Waals surface area contributed by atoms with Crippen molar-refractivity contribution in [1.29, 1.82) is 0 Å². The summed E-state index contributed by atoms with van der Waals surface area (Å²) < 4.78 is 4.80. The lowest BCUT2D eigenvalue weighted by Crippen LogP contribution is -2.08. The van der Waals surface area contributed by atoms with Crippen molar-refractivity contribution >= 4 is 23.0 Å². The Morgan fingerprint density at radius 3 is 3.00 bits per heavy atom. The number of anilines is 1. The normalized spacial score (nSPS) is 10.3. The largest absolute Gasteiger partial charge is 0.378 e. The number of aromatic nitrogens is 3. The van der Waals surface area contributed by atoms with Crippen molar-refractivity contribution in [2.45, 2.75) is 6.42 Å². The maximum absolute atomic E-state index is 10.8. The molecule has 2 aromatic heterocycles. The maximum atomic E-state index is 10.8. The van der Waals surface area contributed by atoms with Crippen molar-refractivity contribution in [3.63, 3.8) is 0 Å². The van der Waals surface area contributed by atoms with Crippen molar-refractivity contribution in [2.75, 3.05) is 11.9 Å². The zero-order chi connectivity index (χ0) is 13.0. The summed E-state index contributed by atoms with van der Waals surface area (Å²) in [6.07, 6.45) is 4.21. The quantitative estimate of drug-likeness (QED) is 0.650. The number of halogens is 1. The van der Waals surface area contributed by atoms with Crippen LogP contribution in [0.2, 0.25) is 5.02 Å². The highest BCUT2D eigenvalue weighted by molar-refractivity contribution is 6.33. The van der Waals surface area contributed by atoms with Crippen LogP contribution in [-0.2, 0) is 6.42 Å². The van der Waals surface area contributed by atoms with Crippen LogP contribution in [0, 0.1) is 10.1 Å². The SMILES string of the molecule is O=[N+]([O-])c1cncc(Cl)c1NCCc1ncno1. The molecular formula is C9H8ClN5O3. The van der Waals surface area contributed by atoms with Gasteiger partial charge in [0.2, 0.25) is 5.89 Å². The van der Waals surface area contributed by atoms with Gasteiger partial charge < -0.3 is 9.84 Å². The Morgan fingerprint density at radius 2 is 2.33 bits per heavy atom. The van der Waals surface area contributed by atoms with Crippen LogP contribution in [0.5, 0.6) is 0 Å². The average molecular weight is 270 g/mol. The molecule has 0 aliphatic heterocycles. The van der Waals surface area contributed by atoms with Crippen molar-refractivity contribution in [2.24, 2.45) is 0 Å². The van der Waals surface area contributed by atoms with E-state index < -0.39 is 4.92 Å². The summed E-state index contributed by atoms with van der Waals surface area (Å²) in [7, 11) is 0. The second kappa shape index (κ2) is 5.41. The number of nitrogens with one attached hydrogen (secondary N) is 1. The van der Waals surface area contributed by atoms with E-state index in [2.05, 4.69) is 20.4 Å². The van der Waals surface area contributed by atoms with Crippen LogP contribution in [0.4, 0.5) is 11.4 Å². The predicted octanol–water partition coefficient (Wildman–Crippen LogP) is 1.68. The molecule has 0 radical (unpaired) electrons. The molecule has 0 unspecified atom stereocenters. The topological polar surface area (TPSA) is 107 Å². The van der Waals surface area contributed by atoms with Crippen LogP contribution in [0.25, 0.3) is 0 Å². The molecule has 0 amide bonds. The molecule has 0 aliphatic rings. The maximum Gasteiger partial charge on any atom is 0.311 e. The van der Waals surface area contributed by atoms with E-state index in [4.69, 9.17) is 16.1 Å². The van der Waals surface area contributed by atoms with Crippen LogP contribution in [0.15, 0.2) is 23.2 Å². The van der Waals surface area contributed by atoms with Crippen molar-refractivity contribution < 1.29 is 9.45 Å². The molecule has 0 spiro atoms. The van der Waals surface area contributed by atoms with E-state index in [0.29, 0.717) is 18.9 Å². The molecule has 2 heterocycles. The van der Waals surface area contributed by atoms with Crippen molar-refractivity contribution in [1.82, 2.24) is 15.1 Å². The first-order chi connectivity index (χ1) is 8.68. The summed E-state index contributed by atoms with van der Waals surface area (Å²) in [6.45, 7) is 0.382. The molecule has 0 fully saturated rings. The van der Waals surface area contributed by atoms with Gasteiger partial charge in [0.1, 0.15) is 11.9 Å². The summed E-state index contributed by atoms with van der Waals surface area (Å²) in [6, 6.07) is 0. The third kappa shape index (κ3) is 2.72. The lowest BCUT2D eigenvalue weighted by molar-refractivity contribution is -0.384. The highest BCUT2D eigenvalue weighted by Crippen LogP contribution is 2.30. The Bertz CT molecular complexity index is 545. The highest BCUT2D eigenvalue weighted by atomic mass is 35.5. The molecule has 0 atom stereocenters. The highest BCUT2D eigenvalue weighted by Gasteiger charge is 2.17. The predicted molar refractivity (Wildman–Crippen MR) is 62.4 cm³/mol. The van der Waals surface area contributed by atoms with Crippen molar-refractivity contribution in [3.05, 3.63) is 39.7 Å². The second-order valence-electron chi connectivity index (χ2n) is 3.28. The molecule has 2 rings (SSSR count). The van der Waals surface area contributed by atoms with E-state index in [1.165, 1.54) is 12.5 Å². The third-order valence-corrected chi connectivity index (χ3v) is 2.41. The molecule has 0 saturated carbocycles. The number of hydrogen-bond acceptors (Lipinski definition) is 7.